The van der Waals surface area contributed by atoms with Crippen molar-refractivity contribution in [2.75, 3.05) is 39.1 Å². The van der Waals surface area contributed by atoms with Crippen LogP contribution in [-0.4, -0.2) is 55.5 Å². The van der Waals surface area contributed by atoms with Crippen LogP contribution in [0.25, 0.3) is 11.3 Å². The second kappa shape index (κ2) is 10.5. The molecule has 0 aliphatic heterocycles. The van der Waals surface area contributed by atoms with Crippen LogP contribution in [0, 0.1) is 0 Å². The minimum atomic E-state index is -0.337. The second-order valence-electron chi connectivity index (χ2n) is 6.78. The van der Waals surface area contributed by atoms with E-state index in [2.05, 4.69) is 20.5 Å². The SMILES string of the molecule is CN(C)CCOc1ccccc1-c1csc(NC(=O)CNC(=O)c2ccccc2)n1. The molecular formula is C22H24N4O3S. The summed E-state index contributed by atoms with van der Waals surface area (Å²) in [4.78, 5) is 30.8. The Hall–Kier alpha value is -3.23. The normalized spacial score (nSPS) is 10.6. The maximum Gasteiger partial charge on any atom is 0.251 e. The van der Waals surface area contributed by atoms with Gasteiger partial charge in [0.15, 0.2) is 5.13 Å². The average molecular weight is 425 g/mol. The molecule has 7 nitrogen and oxygen atoms in total. The lowest BCUT2D eigenvalue weighted by molar-refractivity contribution is -0.115. The summed E-state index contributed by atoms with van der Waals surface area (Å²) in [6.07, 6.45) is 0. The summed E-state index contributed by atoms with van der Waals surface area (Å²) >= 11 is 1.32. The minimum absolute atomic E-state index is 0.132. The highest BCUT2D eigenvalue weighted by Crippen LogP contribution is 2.32. The molecule has 0 radical (unpaired) electrons. The smallest absolute Gasteiger partial charge is 0.251 e. The average Bonchev–Trinajstić information content (AvgIpc) is 3.21. The van der Waals surface area contributed by atoms with E-state index < -0.39 is 0 Å². The topological polar surface area (TPSA) is 83.6 Å². The molecule has 1 aromatic heterocycles. The number of rotatable bonds is 9. The maximum atomic E-state index is 12.2. The summed E-state index contributed by atoms with van der Waals surface area (Å²) < 4.78 is 5.89. The Bertz CT molecular complexity index is 989. The van der Waals surface area contributed by atoms with E-state index >= 15 is 0 Å². The Morgan fingerprint density at radius 1 is 1.07 bits per heavy atom. The highest BCUT2D eigenvalue weighted by Gasteiger charge is 2.13. The number of ether oxygens (including phenoxy) is 1. The molecule has 8 heteroatoms. The zero-order chi connectivity index (χ0) is 21.3. The zero-order valence-electron chi connectivity index (χ0n) is 16.9. The van der Waals surface area contributed by atoms with Gasteiger partial charge in [0.1, 0.15) is 12.4 Å². The van der Waals surface area contributed by atoms with Crippen molar-refractivity contribution in [2.24, 2.45) is 0 Å². The Kier molecular flexibility index (Phi) is 7.53. The molecule has 3 aromatic rings. The molecule has 0 unspecified atom stereocenters. The lowest BCUT2D eigenvalue weighted by Gasteiger charge is -2.13. The van der Waals surface area contributed by atoms with Crippen LogP contribution in [0.3, 0.4) is 0 Å². The number of para-hydroxylation sites is 1. The molecule has 0 aliphatic rings. The van der Waals surface area contributed by atoms with Gasteiger partial charge in [0.05, 0.1) is 12.2 Å². The Morgan fingerprint density at radius 2 is 1.80 bits per heavy atom. The summed E-state index contributed by atoms with van der Waals surface area (Å²) in [5, 5.41) is 7.66. The van der Waals surface area contributed by atoms with Crippen LogP contribution in [-0.2, 0) is 4.79 Å². The summed E-state index contributed by atoms with van der Waals surface area (Å²) in [5.74, 6) is 0.114. The monoisotopic (exact) mass is 424 g/mol. The first-order valence-corrected chi connectivity index (χ1v) is 10.4. The summed E-state index contributed by atoms with van der Waals surface area (Å²) in [6, 6.07) is 16.4. The number of anilines is 1. The number of carbonyl (C=O) groups is 2. The van der Waals surface area contributed by atoms with Crippen molar-refractivity contribution in [3.63, 3.8) is 0 Å². The van der Waals surface area contributed by atoms with E-state index in [0.717, 1.165) is 23.6 Å². The van der Waals surface area contributed by atoms with Gasteiger partial charge < -0.3 is 20.3 Å². The van der Waals surface area contributed by atoms with Crippen LogP contribution >= 0.6 is 11.3 Å². The van der Waals surface area contributed by atoms with Gasteiger partial charge >= 0.3 is 0 Å². The Balaban J connectivity index is 1.57. The lowest BCUT2D eigenvalue weighted by atomic mass is 10.1. The van der Waals surface area contributed by atoms with Gasteiger partial charge in [-0.2, -0.15) is 0 Å². The van der Waals surface area contributed by atoms with Gasteiger partial charge in [0.25, 0.3) is 5.91 Å². The molecule has 1 heterocycles. The third-order valence-corrected chi connectivity index (χ3v) is 4.91. The summed E-state index contributed by atoms with van der Waals surface area (Å²) in [5.41, 5.74) is 2.10. The van der Waals surface area contributed by atoms with Crippen molar-refractivity contribution in [2.45, 2.75) is 0 Å². The fourth-order valence-electron chi connectivity index (χ4n) is 2.61. The third-order valence-electron chi connectivity index (χ3n) is 4.16. The molecule has 0 atom stereocenters. The molecule has 0 saturated heterocycles. The molecule has 0 aliphatic carbocycles. The van der Waals surface area contributed by atoms with Gasteiger partial charge in [-0.25, -0.2) is 4.98 Å². The van der Waals surface area contributed by atoms with Gasteiger partial charge in [0, 0.05) is 23.1 Å². The maximum absolute atomic E-state index is 12.2. The first kappa shape index (κ1) is 21.5. The van der Waals surface area contributed by atoms with Crippen LogP contribution in [0.5, 0.6) is 5.75 Å². The van der Waals surface area contributed by atoms with E-state index in [0.29, 0.717) is 17.3 Å². The number of aromatic nitrogens is 1. The fourth-order valence-corrected chi connectivity index (χ4v) is 3.34. The molecule has 3 rings (SSSR count). The highest BCUT2D eigenvalue weighted by molar-refractivity contribution is 7.14. The molecule has 2 amide bonds. The van der Waals surface area contributed by atoms with Crippen molar-refractivity contribution >= 4 is 28.3 Å². The quantitative estimate of drug-likeness (QED) is 0.551. The van der Waals surface area contributed by atoms with Gasteiger partial charge in [-0.3, -0.25) is 9.59 Å². The molecule has 0 saturated carbocycles. The van der Waals surface area contributed by atoms with Gasteiger partial charge in [0.2, 0.25) is 5.91 Å². The standard InChI is InChI=1S/C22H24N4O3S/c1-26(2)12-13-29-19-11-7-6-10-17(19)18-15-30-22(24-18)25-20(27)14-23-21(28)16-8-4-3-5-9-16/h3-11,15H,12-14H2,1-2H3,(H,23,28)(H,24,25,27). The van der Waals surface area contributed by atoms with Crippen molar-refractivity contribution in [1.29, 1.82) is 0 Å². The first-order chi connectivity index (χ1) is 14.5. The van der Waals surface area contributed by atoms with E-state index in [-0.39, 0.29) is 18.4 Å². The number of amides is 2. The number of nitrogens with one attached hydrogen (secondary N) is 2. The number of benzene rings is 2. The summed E-state index contributed by atoms with van der Waals surface area (Å²) in [6.45, 7) is 1.24. The molecule has 0 spiro atoms. The van der Waals surface area contributed by atoms with E-state index in [1.165, 1.54) is 11.3 Å². The van der Waals surface area contributed by atoms with E-state index in [1.807, 2.05) is 49.8 Å². The molecule has 2 N–H and O–H groups in total. The highest BCUT2D eigenvalue weighted by atomic mass is 32.1. The van der Waals surface area contributed by atoms with Crippen LogP contribution < -0.4 is 15.4 Å². The van der Waals surface area contributed by atoms with Crippen molar-refractivity contribution in [3.05, 3.63) is 65.5 Å². The van der Waals surface area contributed by atoms with Crippen LogP contribution in [0.4, 0.5) is 5.13 Å². The van der Waals surface area contributed by atoms with Crippen molar-refractivity contribution in [1.82, 2.24) is 15.2 Å². The molecule has 0 bridgehead atoms. The van der Waals surface area contributed by atoms with Crippen LogP contribution in [0.2, 0.25) is 0 Å². The summed E-state index contributed by atoms with van der Waals surface area (Å²) in [7, 11) is 3.99. The largest absolute Gasteiger partial charge is 0.492 e. The Morgan fingerprint density at radius 3 is 2.57 bits per heavy atom. The van der Waals surface area contributed by atoms with E-state index in [9.17, 15) is 9.59 Å². The van der Waals surface area contributed by atoms with Crippen LogP contribution in [0.15, 0.2) is 60.0 Å². The minimum Gasteiger partial charge on any atom is -0.492 e. The number of carbonyl (C=O) groups excluding carboxylic acids is 2. The zero-order valence-corrected chi connectivity index (χ0v) is 17.7. The number of hydrogen-bond donors (Lipinski definition) is 2. The number of nitrogens with zero attached hydrogens (tertiary/aromatic N) is 2. The van der Waals surface area contributed by atoms with Gasteiger partial charge in [-0.1, -0.05) is 30.3 Å². The first-order valence-electron chi connectivity index (χ1n) is 9.48. The predicted octanol–water partition coefficient (Wildman–Crippen LogP) is 3.12. The lowest BCUT2D eigenvalue weighted by Crippen LogP contribution is -2.32. The molecule has 0 fully saturated rings. The van der Waals surface area contributed by atoms with Crippen molar-refractivity contribution < 1.29 is 14.3 Å². The predicted molar refractivity (Wildman–Crippen MR) is 119 cm³/mol. The number of hydrogen-bond acceptors (Lipinski definition) is 6. The molecule has 156 valence electrons. The number of thiazole rings is 1. The second-order valence-corrected chi connectivity index (χ2v) is 7.64. The number of likely N-dealkylation sites (N-methyl/N-ethyl adjacent to an activating group) is 1. The molecule has 2 aromatic carbocycles. The van der Waals surface area contributed by atoms with Crippen molar-refractivity contribution in [3.8, 4) is 17.0 Å². The Labute approximate surface area is 179 Å². The van der Waals surface area contributed by atoms with Gasteiger partial charge in [-0.05, 0) is 38.4 Å². The fraction of sp³-hybridized carbons (Fsp3) is 0.227. The van der Waals surface area contributed by atoms with E-state index in [4.69, 9.17) is 4.74 Å². The van der Waals surface area contributed by atoms with Crippen LogP contribution in [0.1, 0.15) is 10.4 Å². The van der Waals surface area contributed by atoms with Gasteiger partial charge in [-0.15, -0.1) is 11.3 Å². The third kappa shape index (κ3) is 6.13. The molecule has 30 heavy (non-hydrogen) atoms. The molecular weight excluding hydrogens is 400 g/mol. The van der Waals surface area contributed by atoms with E-state index in [1.54, 1.807) is 24.3 Å².